The zero-order valence-corrected chi connectivity index (χ0v) is 10.1. The first-order valence-electron chi connectivity index (χ1n) is 5.28. The molecule has 5 nitrogen and oxygen atoms in total. The monoisotopic (exact) mass is 260 g/mol. The molecule has 0 aliphatic heterocycles. The molecule has 0 saturated heterocycles. The van der Waals surface area contributed by atoms with Crippen molar-refractivity contribution in [3.8, 4) is 5.88 Å². The summed E-state index contributed by atoms with van der Waals surface area (Å²) in [5.74, 6) is -0.800. The maximum atomic E-state index is 12.8. The van der Waals surface area contributed by atoms with Gasteiger partial charge in [0.05, 0.1) is 19.3 Å². The molecule has 1 aromatic heterocycles. The van der Waals surface area contributed by atoms with Crippen LogP contribution in [0.15, 0.2) is 6.07 Å². The number of hydrogen-bond donors (Lipinski definition) is 1. The van der Waals surface area contributed by atoms with E-state index in [0.717, 1.165) is 0 Å². The molecular formula is C11H14F2N2O3. The lowest BCUT2D eigenvalue weighted by atomic mass is 10.1. The number of alkyl halides is 2. The zero-order valence-electron chi connectivity index (χ0n) is 10.1. The van der Waals surface area contributed by atoms with Gasteiger partial charge in [-0.2, -0.15) is 0 Å². The van der Waals surface area contributed by atoms with Crippen molar-refractivity contribution < 1.29 is 23.0 Å². The Balaban J connectivity index is 3.37. The maximum Gasteiger partial charge on any atom is 0.338 e. The molecule has 0 aliphatic rings. The third-order valence-electron chi connectivity index (χ3n) is 2.25. The summed E-state index contributed by atoms with van der Waals surface area (Å²) in [6.07, 6.45) is -2.84. The molecule has 0 aromatic carbocycles. The maximum absolute atomic E-state index is 12.8. The third kappa shape index (κ3) is 2.92. The predicted molar refractivity (Wildman–Crippen MR) is 59.6 cm³/mol. The number of hydrogen-bond acceptors (Lipinski definition) is 5. The summed E-state index contributed by atoms with van der Waals surface area (Å²) < 4.78 is 35.2. The molecule has 1 heterocycles. The average molecular weight is 260 g/mol. The van der Waals surface area contributed by atoms with E-state index in [1.807, 2.05) is 0 Å². The molecule has 1 rings (SSSR count). The number of rotatable bonds is 5. The molecule has 1 aromatic rings. The highest BCUT2D eigenvalue weighted by Crippen LogP contribution is 2.27. The van der Waals surface area contributed by atoms with Gasteiger partial charge < -0.3 is 15.2 Å². The van der Waals surface area contributed by atoms with Crippen molar-refractivity contribution in [2.24, 2.45) is 5.73 Å². The zero-order chi connectivity index (χ0) is 13.7. The number of ether oxygens (including phenoxy) is 2. The van der Waals surface area contributed by atoms with Crippen LogP contribution in [-0.2, 0) is 11.3 Å². The highest BCUT2D eigenvalue weighted by atomic mass is 19.3. The fraction of sp³-hybridized carbons (Fsp3) is 0.455. The lowest BCUT2D eigenvalue weighted by Gasteiger charge is -2.13. The number of aromatic nitrogens is 1. The molecule has 0 atom stereocenters. The van der Waals surface area contributed by atoms with Gasteiger partial charge in [0, 0.05) is 18.2 Å². The van der Waals surface area contributed by atoms with Gasteiger partial charge in [0.25, 0.3) is 6.43 Å². The van der Waals surface area contributed by atoms with Gasteiger partial charge in [-0.25, -0.2) is 18.6 Å². The Bertz CT molecular complexity index is 439. The summed E-state index contributed by atoms with van der Waals surface area (Å²) in [4.78, 5) is 15.3. The number of pyridine rings is 1. The summed E-state index contributed by atoms with van der Waals surface area (Å²) in [6, 6.07) is 1.24. The van der Waals surface area contributed by atoms with Crippen LogP contribution in [0.1, 0.15) is 35.0 Å². The molecule has 0 fully saturated rings. The number of methoxy groups -OCH3 is 1. The van der Waals surface area contributed by atoms with Crippen molar-refractivity contribution in [1.82, 2.24) is 4.98 Å². The number of nitrogens with two attached hydrogens (primary N) is 1. The van der Waals surface area contributed by atoms with Crippen LogP contribution in [0.2, 0.25) is 0 Å². The largest absolute Gasteiger partial charge is 0.481 e. The molecule has 0 bridgehead atoms. The van der Waals surface area contributed by atoms with Crippen molar-refractivity contribution in [3.05, 3.63) is 22.9 Å². The van der Waals surface area contributed by atoms with Crippen LogP contribution < -0.4 is 10.5 Å². The molecule has 0 unspecified atom stereocenters. The van der Waals surface area contributed by atoms with Gasteiger partial charge in [-0.3, -0.25) is 0 Å². The number of carbonyl (C=O) groups excluding carboxylic acids is 1. The van der Waals surface area contributed by atoms with E-state index in [9.17, 15) is 13.6 Å². The fourth-order valence-electron chi connectivity index (χ4n) is 1.46. The molecule has 18 heavy (non-hydrogen) atoms. The van der Waals surface area contributed by atoms with Crippen LogP contribution in [-0.4, -0.2) is 24.7 Å². The summed E-state index contributed by atoms with van der Waals surface area (Å²) in [6.45, 7) is 1.52. The molecule has 7 heteroatoms. The summed E-state index contributed by atoms with van der Waals surface area (Å²) in [7, 11) is 1.27. The quantitative estimate of drug-likeness (QED) is 0.815. The lowest BCUT2D eigenvalue weighted by molar-refractivity contribution is 0.0523. The predicted octanol–water partition coefficient (Wildman–Crippen LogP) is 1.66. The van der Waals surface area contributed by atoms with E-state index in [1.165, 1.54) is 13.2 Å². The molecule has 2 N–H and O–H groups in total. The molecule has 0 radical (unpaired) electrons. The van der Waals surface area contributed by atoms with E-state index in [0.29, 0.717) is 0 Å². The smallest absolute Gasteiger partial charge is 0.338 e. The van der Waals surface area contributed by atoms with E-state index in [4.69, 9.17) is 15.2 Å². The van der Waals surface area contributed by atoms with E-state index < -0.39 is 18.1 Å². The van der Waals surface area contributed by atoms with Gasteiger partial charge in [-0.15, -0.1) is 0 Å². The normalized spacial score (nSPS) is 10.6. The topological polar surface area (TPSA) is 74.4 Å². The minimum Gasteiger partial charge on any atom is -0.481 e. The molecular weight excluding hydrogens is 246 g/mol. The van der Waals surface area contributed by atoms with Gasteiger partial charge in [0.2, 0.25) is 5.88 Å². The van der Waals surface area contributed by atoms with E-state index >= 15 is 0 Å². The van der Waals surface area contributed by atoms with Crippen molar-refractivity contribution in [2.75, 3.05) is 13.7 Å². The second-order valence-corrected chi connectivity index (χ2v) is 3.30. The number of carbonyl (C=O) groups is 1. The molecule has 0 spiro atoms. The van der Waals surface area contributed by atoms with Gasteiger partial charge in [0.15, 0.2) is 0 Å². The first kappa shape index (κ1) is 14.3. The minimum atomic E-state index is -2.84. The number of nitrogens with zero attached hydrogens (tertiary/aromatic N) is 1. The summed E-state index contributed by atoms with van der Waals surface area (Å²) in [5.41, 5.74) is 4.77. The van der Waals surface area contributed by atoms with Crippen molar-refractivity contribution in [1.29, 1.82) is 0 Å². The van der Waals surface area contributed by atoms with E-state index in [2.05, 4.69) is 4.98 Å². The molecule has 0 saturated carbocycles. The Morgan fingerprint density at radius 2 is 2.22 bits per heavy atom. The second kappa shape index (κ2) is 6.25. The van der Waals surface area contributed by atoms with Crippen LogP contribution in [0.4, 0.5) is 8.78 Å². The van der Waals surface area contributed by atoms with Crippen LogP contribution >= 0.6 is 0 Å². The summed E-state index contributed by atoms with van der Waals surface area (Å²) in [5, 5.41) is 0. The van der Waals surface area contributed by atoms with Gasteiger partial charge in [0.1, 0.15) is 5.69 Å². The SMILES string of the molecule is CCOC(=O)c1cc(OC)nc(C(F)F)c1CN. The first-order chi connectivity index (χ1) is 8.54. The first-order valence-corrected chi connectivity index (χ1v) is 5.28. The Hall–Kier alpha value is -1.76. The molecule has 100 valence electrons. The van der Waals surface area contributed by atoms with Crippen molar-refractivity contribution in [2.45, 2.75) is 19.9 Å². The lowest BCUT2D eigenvalue weighted by Crippen LogP contribution is -2.15. The van der Waals surface area contributed by atoms with Crippen LogP contribution in [0.3, 0.4) is 0 Å². The highest BCUT2D eigenvalue weighted by molar-refractivity contribution is 5.91. The average Bonchev–Trinajstić information content (AvgIpc) is 2.37. The molecule has 0 amide bonds. The Kier molecular flexibility index (Phi) is 4.96. The minimum absolute atomic E-state index is 0.0238. The van der Waals surface area contributed by atoms with Crippen LogP contribution in [0.5, 0.6) is 5.88 Å². The van der Waals surface area contributed by atoms with Crippen molar-refractivity contribution >= 4 is 5.97 Å². The van der Waals surface area contributed by atoms with Crippen molar-refractivity contribution in [3.63, 3.8) is 0 Å². The van der Waals surface area contributed by atoms with Crippen LogP contribution in [0.25, 0.3) is 0 Å². The fourth-order valence-corrected chi connectivity index (χ4v) is 1.46. The van der Waals surface area contributed by atoms with E-state index in [-0.39, 0.29) is 30.2 Å². The molecule has 0 aliphatic carbocycles. The Morgan fingerprint density at radius 1 is 1.56 bits per heavy atom. The van der Waals surface area contributed by atoms with Gasteiger partial charge in [-0.05, 0) is 6.92 Å². The highest BCUT2D eigenvalue weighted by Gasteiger charge is 2.23. The van der Waals surface area contributed by atoms with Gasteiger partial charge >= 0.3 is 5.97 Å². The van der Waals surface area contributed by atoms with E-state index in [1.54, 1.807) is 6.92 Å². The second-order valence-electron chi connectivity index (χ2n) is 3.30. The van der Waals surface area contributed by atoms with Gasteiger partial charge in [-0.1, -0.05) is 0 Å². The standard InChI is InChI=1S/C11H14F2N2O3/c1-3-18-11(16)6-4-8(17-2)15-9(10(12)13)7(6)5-14/h4,10H,3,5,14H2,1-2H3. The number of halogens is 2. The summed E-state index contributed by atoms with van der Waals surface area (Å²) >= 11 is 0. The third-order valence-corrected chi connectivity index (χ3v) is 2.25. The Labute approximate surface area is 103 Å². The van der Waals surface area contributed by atoms with Crippen LogP contribution in [0, 0.1) is 0 Å². The number of esters is 1. The Morgan fingerprint density at radius 3 is 2.67 bits per heavy atom.